The van der Waals surface area contributed by atoms with Crippen molar-refractivity contribution in [1.29, 1.82) is 0 Å². The molecule has 0 aliphatic heterocycles. The van der Waals surface area contributed by atoms with E-state index < -0.39 is 0 Å². The van der Waals surface area contributed by atoms with Gasteiger partial charge < -0.3 is 4.42 Å². The molecule has 0 saturated carbocycles. The number of fused-ring (bicyclic) bond motifs is 11. The lowest BCUT2D eigenvalue weighted by Crippen LogP contribution is -2.26. The zero-order valence-electron chi connectivity index (χ0n) is 19.6. The fourth-order valence-electron chi connectivity index (χ4n) is 6.29. The smallest absolute Gasteiger partial charge is 0.143 e. The van der Waals surface area contributed by atoms with Crippen molar-refractivity contribution in [2.45, 2.75) is 19.3 Å². The lowest BCUT2D eigenvalue weighted by Gasteiger charge is -2.31. The molecule has 2 heteroatoms. The van der Waals surface area contributed by atoms with Gasteiger partial charge in [0.25, 0.3) is 0 Å². The summed E-state index contributed by atoms with van der Waals surface area (Å²) in [4.78, 5) is 0. The lowest BCUT2D eigenvalue weighted by molar-refractivity contribution is 0.669. The predicted octanol–water partition coefficient (Wildman–Crippen LogP) is 9.28. The van der Waals surface area contributed by atoms with Gasteiger partial charge in [-0.1, -0.05) is 88.7 Å². The highest BCUT2D eigenvalue weighted by molar-refractivity contribution is 9.10. The first-order valence-electron chi connectivity index (χ1n) is 11.7. The Kier molecular flexibility index (Phi) is 4.88. The second kappa shape index (κ2) is 7.87. The van der Waals surface area contributed by atoms with Crippen molar-refractivity contribution in [3.8, 4) is 24.0 Å². The largest absolute Gasteiger partial charge is 0.455 e. The van der Waals surface area contributed by atoms with Gasteiger partial charge in [-0.05, 0) is 71.0 Å². The maximum atomic E-state index is 6.56. The first-order valence-corrected chi connectivity index (χ1v) is 12.5. The normalized spacial score (nSPS) is 17.6. The van der Waals surface area contributed by atoms with E-state index in [0.717, 1.165) is 21.0 Å². The van der Waals surface area contributed by atoms with E-state index in [1.807, 2.05) is 6.07 Å². The number of terminal acetylenes is 1. The number of halogens is 1. The topological polar surface area (TPSA) is 13.1 Å². The first-order chi connectivity index (χ1) is 17.2. The predicted molar refractivity (Wildman–Crippen MR) is 150 cm³/mol. The van der Waals surface area contributed by atoms with Gasteiger partial charge in [-0.25, -0.2) is 0 Å². The molecule has 1 spiro atoms. The maximum Gasteiger partial charge on any atom is 0.143 e. The molecule has 0 bridgehead atoms. The Morgan fingerprint density at radius 2 is 1.49 bits per heavy atom. The van der Waals surface area contributed by atoms with E-state index in [0.29, 0.717) is 0 Å². The van der Waals surface area contributed by atoms with E-state index in [4.69, 9.17) is 4.42 Å². The van der Waals surface area contributed by atoms with Crippen LogP contribution in [-0.2, 0) is 5.41 Å². The van der Waals surface area contributed by atoms with Gasteiger partial charge in [-0.15, -0.1) is 12.8 Å². The lowest BCUT2D eigenvalue weighted by atomic mass is 9.70. The Hall–Kier alpha value is -3.80. The molecule has 7 rings (SSSR count). The van der Waals surface area contributed by atoms with Crippen LogP contribution < -0.4 is 0 Å². The molecule has 0 N–H and O–H groups in total. The second-order valence-electron chi connectivity index (χ2n) is 8.99. The van der Waals surface area contributed by atoms with E-state index in [1.54, 1.807) is 0 Å². The van der Waals surface area contributed by atoms with Crippen LogP contribution in [0.25, 0.3) is 38.6 Å². The summed E-state index contributed by atoms with van der Waals surface area (Å²) in [5.74, 6) is 0. The monoisotopic (exact) mass is 514 g/mol. The number of benzene rings is 4. The van der Waals surface area contributed by atoms with Crippen molar-refractivity contribution in [2.24, 2.45) is 0 Å². The number of hydrogen-bond donors (Lipinski definition) is 0. The summed E-state index contributed by atoms with van der Waals surface area (Å²) in [6.45, 7) is 4.40. The van der Waals surface area contributed by atoms with Crippen LogP contribution in [0.3, 0.4) is 0 Å². The highest BCUT2D eigenvalue weighted by Gasteiger charge is 2.51. The van der Waals surface area contributed by atoms with E-state index in [2.05, 4.69) is 128 Å². The van der Waals surface area contributed by atoms with Crippen LogP contribution >= 0.6 is 15.9 Å². The van der Waals surface area contributed by atoms with Gasteiger partial charge in [-0.3, -0.25) is 0 Å². The average Bonchev–Trinajstić information content (AvgIpc) is 3.49. The maximum absolute atomic E-state index is 6.56. The van der Waals surface area contributed by atoms with E-state index in [-0.39, 0.29) is 5.41 Å². The summed E-state index contributed by atoms with van der Waals surface area (Å²) in [5, 5.41) is 2.31. The molecule has 0 fully saturated rings. The molecular formula is C33H23BrO. The van der Waals surface area contributed by atoms with E-state index in [1.165, 1.54) is 49.9 Å². The second-order valence-corrected chi connectivity index (χ2v) is 9.90. The Labute approximate surface area is 213 Å². The third-order valence-electron chi connectivity index (χ3n) is 7.53. The van der Waals surface area contributed by atoms with Gasteiger partial charge in [0.1, 0.15) is 11.2 Å². The van der Waals surface area contributed by atoms with Gasteiger partial charge in [0, 0.05) is 20.8 Å². The van der Waals surface area contributed by atoms with Crippen LogP contribution in [0.15, 0.2) is 105 Å². The Balaban J connectivity index is 0.00000112. The van der Waals surface area contributed by atoms with Crippen molar-refractivity contribution in [3.63, 3.8) is 0 Å². The summed E-state index contributed by atoms with van der Waals surface area (Å²) < 4.78 is 7.62. The van der Waals surface area contributed by atoms with Crippen LogP contribution in [0.2, 0.25) is 0 Å². The van der Waals surface area contributed by atoms with Gasteiger partial charge in [0.05, 0.1) is 5.41 Å². The molecule has 1 nitrogen and oxygen atoms in total. The standard InChI is InChI=1S/C31H21BrO.C2H2/c1-3-8-20-18(2)31(25-11-6-4-9-21(20)25)26-12-7-5-10-23(26)29-27(31)15-14-22-24-17-19(32)13-16-28(24)33-30(22)29;1-2/h3-17H,1-2H3;1-2H/b8-3-;. The van der Waals surface area contributed by atoms with E-state index >= 15 is 0 Å². The Morgan fingerprint density at radius 1 is 0.800 bits per heavy atom. The molecule has 1 unspecified atom stereocenters. The molecule has 1 atom stereocenters. The van der Waals surface area contributed by atoms with Crippen LogP contribution in [-0.4, -0.2) is 0 Å². The SMILES string of the molecule is C#C.C/C=C\C1=C(C)C2(c3ccccc31)c1ccccc1-c1c2ccc2c1oc1ccc(Br)cc12. The first kappa shape index (κ1) is 21.7. The van der Waals surface area contributed by atoms with Crippen LogP contribution in [0, 0.1) is 12.8 Å². The van der Waals surface area contributed by atoms with Gasteiger partial charge in [0.2, 0.25) is 0 Å². The van der Waals surface area contributed by atoms with Crippen molar-refractivity contribution in [1.82, 2.24) is 0 Å². The minimum absolute atomic E-state index is 0.300. The molecule has 0 amide bonds. The summed E-state index contributed by atoms with van der Waals surface area (Å²) in [6, 6.07) is 28.6. The fraction of sp³-hybridized carbons (Fsp3) is 0.0909. The van der Waals surface area contributed by atoms with Gasteiger partial charge in [-0.2, -0.15) is 0 Å². The molecule has 2 aliphatic carbocycles. The molecule has 2 aliphatic rings. The third kappa shape index (κ3) is 2.65. The van der Waals surface area contributed by atoms with Crippen molar-refractivity contribution in [3.05, 3.63) is 123 Å². The van der Waals surface area contributed by atoms with Crippen molar-refractivity contribution < 1.29 is 4.42 Å². The molecule has 35 heavy (non-hydrogen) atoms. The zero-order chi connectivity index (χ0) is 24.3. The molecule has 0 radical (unpaired) electrons. The summed E-state index contributed by atoms with van der Waals surface area (Å²) in [6.07, 6.45) is 12.4. The fourth-order valence-corrected chi connectivity index (χ4v) is 6.65. The molecule has 168 valence electrons. The molecular weight excluding hydrogens is 492 g/mol. The van der Waals surface area contributed by atoms with Crippen LogP contribution in [0.4, 0.5) is 0 Å². The van der Waals surface area contributed by atoms with Crippen LogP contribution in [0.1, 0.15) is 36.1 Å². The van der Waals surface area contributed by atoms with Gasteiger partial charge >= 0.3 is 0 Å². The van der Waals surface area contributed by atoms with Crippen molar-refractivity contribution in [2.75, 3.05) is 0 Å². The number of furan rings is 1. The Morgan fingerprint density at radius 3 is 2.23 bits per heavy atom. The van der Waals surface area contributed by atoms with E-state index in [9.17, 15) is 0 Å². The number of hydrogen-bond acceptors (Lipinski definition) is 1. The zero-order valence-corrected chi connectivity index (χ0v) is 21.2. The highest BCUT2D eigenvalue weighted by atomic mass is 79.9. The Bertz CT molecular complexity index is 1740. The molecule has 1 aromatic heterocycles. The summed E-state index contributed by atoms with van der Waals surface area (Å²) in [5.41, 5.74) is 12.2. The van der Waals surface area contributed by atoms with Crippen LogP contribution in [0.5, 0.6) is 0 Å². The van der Waals surface area contributed by atoms with Crippen molar-refractivity contribution >= 4 is 43.4 Å². The van der Waals surface area contributed by atoms with Gasteiger partial charge in [0.15, 0.2) is 0 Å². The molecule has 4 aromatic carbocycles. The quantitative estimate of drug-likeness (QED) is 0.203. The summed E-state index contributed by atoms with van der Waals surface area (Å²) >= 11 is 3.63. The third-order valence-corrected chi connectivity index (χ3v) is 8.02. The minimum Gasteiger partial charge on any atom is -0.455 e. The highest BCUT2D eigenvalue weighted by Crippen LogP contribution is 2.63. The molecule has 0 saturated heterocycles. The minimum atomic E-state index is -0.300. The average molecular weight is 515 g/mol. The molecule has 5 aromatic rings. The number of rotatable bonds is 1. The molecule has 1 heterocycles. The number of allylic oxidation sites excluding steroid dienone is 4. The summed E-state index contributed by atoms with van der Waals surface area (Å²) in [7, 11) is 0.